The third-order valence-corrected chi connectivity index (χ3v) is 3.93. The van der Waals surface area contributed by atoms with E-state index in [0.717, 1.165) is 11.1 Å². The van der Waals surface area contributed by atoms with Gasteiger partial charge in [0.15, 0.2) is 0 Å². The molecule has 2 rings (SSSR count). The molecule has 1 heterocycles. The number of hydrogen-bond acceptors (Lipinski definition) is 3. The van der Waals surface area contributed by atoms with Crippen LogP contribution in [0.3, 0.4) is 0 Å². The molecule has 0 radical (unpaired) electrons. The van der Waals surface area contributed by atoms with Gasteiger partial charge in [0, 0.05) is 20.0 Å². The van der Waals surface area contributed by atoms with Gasteiger partial charge in [0.25, 0.3) is 0 Å². The number of benzene rings is 1. The van der Waals surface area contributed by atoms with Gasteiger partial charge in [-0.2, -0.15) is 0 Å². The van der Waals surface area contributed by atoms with Gasteiger partial charge >= 0.3 is 5.97 Å². The second-order valence-corrected chi connectivity index (χ2v) is 6.11. The fourth-order valence-electron chi connectivity index (χ4n) is 2.61. The molecule has 21 heavy (non-hydrogen) atoms. The number of carbonyl (C=O) groups excluding carboxylic acids is 2. The average Bonchev–Trinajstić information content (AvgIpc) is 2.87. The zero-order valence-electron chi connectivity index (χ0n) is 13.2. The zero-order chi connectivity index (χ0) is 15.6. The number of aryl methyl sites for hydroxylation is 1. The number of hydrogen-bond donors (Lipinski definition) is 0. The van der Waals surface area contributed by atoms with Gasteiger partial charge in [0.05, 0.1) is 5.92 Å². The van der Waals surface area contributed by atoms with Gasteiger partial charge in [0.2, 0.25) is 5.91 Å². The Balaban J connectivity index is 2.05. The highest BCUT2D eigenvalue weighted by Gasteiger charge is 2.31. The number of ether oxygens (including phenoxy) is 1. The van der Waals surface area contributed by atoms with Crippen molar-refractivity contribution in [1.82, 2.24) is 4.90 Å². The summed E-state index contributed by atoms with van der Waals surface area (Å²) in [6, 6.07) is 5.91. The number of carbonyl (C=O) groups is 2. The van der Waals surface area contributed by atoms with Crippen molar-refractivity contribution >= 4 is 11.9 Å². The standard InChI is InChI=1S/C17H23NO3/c1-11(2)15-7-12(3)8-16(9-15)21-17(20)14-5-6-18(10-14)13(4)19/h7-9,11,14H,5-6,10H2,1-4H3/t14-/m0/s1. The van der Waals surface area contributed by atoms with Gasteiger partial charge in [0.1, 0.15) is 5.75 Å². The van der Waals surface area contributed by atoms with Gasteiger partial charge in [-0.3, -0.25) is 9.59 Å². The van der Waals surface area contributed by atoms with E-state index in [9.17, 15) is 9.59 Å². The minimum Gasteiger partial charge on any atom is -0.426 e. The first-order valence-electron chi connectivity index (χ1n) is 7.45. The summed E-state index contributed by atoms with van der Waals surface area (Å²) in [4.78, 5) is 25.2. The fourth-order valence-corrected chi connectivity index (χ4v) is 2.61. The summed E-state index contributed by atoms with van der Waals surface area (Å²) < 4.78 is 5.52. The van der Waals surface area contributed by atoms with Crippen molar-refractivity contribution in [2.45, 2.75) is 40.0 Å². The van der Waals surface area contributed by atoms with Gasteiger partial charge < -0.3 is 9.64 Å². The monoisotopic (exact) mass is 289 g/mol. The van der Waals surface area contributed by atoms with Crippen LogP contribution in [0.15, 0.2) is 18.2 Å². The highest BCUT2D eigenvalue weighted by atomic mass is 16.5. The van der Waals surface area contributed by atoms with Crippen LogP contribution >= 0.6 is 0 Å². The number of esters is 1. The van der Waals surface area contributed by atoms with Crippen LogP contribution < -0.4 is 4.74 Å². The average molecular weight is 289 g/mol. The Kier molecular flexibility index (Phi) is 4.66. The molecule has 1 atom stereocenters. The number of likely N-dealkylation sites (tertiary alicyclic amines) is 1. The van der Waals surface area contributed by atoms with Crippen molar-refractivity contribution < 1.29 is 14.3 Å². The van der Waals surface area contributed by atoms with Crippen LogP contribution in [-0.4, -0.2) is 29.9 Å². The predicted octanol–water partition coefficient (Wildman–Crippen LogP) is 2.89. The smallest absolute Gasteiger partial charge is 0.316 e. The Morgan fingerprint density at radius 1 is 1.29 bits per heavy atom. The summed E-state index contributed by atoms with van der Waals surface area (Å²) in [5.74, 6) is 0.561. The molecule has 1 aliphatic heterocycles. The Labute approximate surface area is 126 Å². The van der Waals surface area contributed by atoms with Crippen LogP contribution in [0.4, 0.5) is 0 Å². The van der Waals surface area contributed by atoms with Crippen LogP contribution in [0.2, 0.25) is 0 Å². The highest BCUT2D eigenvalue weighted by Crippen LogP contribution is 2.25. The third kappa shape index (κ3) is 3.84. The van der Waals surface area contributed by atoms with Crippen molar-refractivity contribution in [2.24, 2.45) is 5.92 Å². The van der Waals surface area contributed by atoms with Gasteiger partial charge in [-0.1, -0.05) is 19.9 Å². The molecule has 0 aromatic heterocycles. The maximum Gasteiger partial charge on any atom is 0.316 e. The molecule has 0 aliphatic carbocycles. The maximum absolute atomic E-state index is 12.2. The minimum atomic E-state index is -0.237. The number of nitrogens with zero attached hydrogens (tertiary/aromatic N) is 1. The molecule has 1 saturated heterocycles. The Bertz CT molecular complexity index is 551. The summed E-state index contributed by atoms with van der Waals surface area (Å²) in [7, 11) is 0. The van der Waals surface area contributed by atoms with Crippen LogP contribution in [0.5, 0.6) is 5.75 Å². The Hall–Kier alpha value is -1.84. The normalized spacial score (nSPS) is 18.1. The van der Waals surface area contributed by atoms with Gasteiger partial charge in [-0.15, -0.1) is 0 Å². The minimum absolute atomic E-state index is 0.0166. The zero-order valence-corrected chi connectivity index (χ0v) is 13.2. The van der Waals surface area contributed by atoms with Crippen molar-refractivity contribution in [3.8, 4) is 5.75 Å². The SMILES string of the molecule is CC(=O)N1CC[C@H](C(=O)Oc2cc(C)cc(C(C)C)c2)C1. The van der Waals surface area contributed by atoms with Gasteiger partial charge in [-0.05, 0) is 42.5 Å². The molecule has 4 nitrogen and oxygen atoms in total. The molecule has 0 saturated carbocycles. The van der Waals surface area contributed by atoms with Crippen LogP contribution in [0.25, 0.3) is 0 Å². The van der Waals surface area contributed by atoms with Crippen LogP contribution in [0, 0.1) is 12.8 Å². The predicted molar refractivity (Wildman–Crippen MR) is 81.3 cm³/mol. The van der Waals surface area contributed by atoms with E-state index < -0.39 is 0 Å². The molecule has 1 aromatic carbocycles. The van der Waals surface area contributed by atoms with E-state index in [2.05, 4.69) is 19.9 Å². The molecule has 0 N–H and O–H groups in total. The van der Waals surface area contributed by atoms with Crippen LogP contribution in [-0.2, 0) is 9.59 Å². The summed E-state index contributed by atoms with van der Waals surface area (Å²) in [5.41, 5.74) is 2.25. The largest absolute Gasteiger partial charge is 0.426 e. The first-order chi connectivity index (χ1) is 9.86. The molecule has 1 aliphatic rings. The molecule has 0 spiro atoms. The van der Waals surface area contributed by atoms with Crippen molar-refractivity contribution in [1.29, 1.82) is 0 Å². The molecule has 1 aromatic rings. The van der Waals surface area contributed by atoms with E-state index in [4.69, 9.17) is 4.74 Å². The highest BCUT2D eigenvalue weighted by molar-refractivity contribution is 5.79. The van der Waals surface area contributed by atoms with E-state index in [1.807, 2.05) is 19.1 Å². The lowest BCUT2D eigenvalue weighted by molar-refractivity contribution is -0.138. The van der Waals surface area contributed by atoms with E-state index in [1.165, 1.54) is 6.92 Å². The Morgan fingerprint density at radius 2 is 2.00 bits per heavy atom. The lowest BCUT2D eigenvalue weighted by Crippen LogP contribution is -2.29. The maximum atomic E-state index is 12.2. The quantitative estimate of drug-likeness (QED) is 0.635. The molecule has 0 unspecified atom stereocenters. The lowest BCUT2D eigenvalue weighted by atomic mass is 10.0. The van der Waals surface area contributed by atoms with E-state index in [-0.39, 0.29) is 17.8 Å². The van der Waals surface area contributed by atoms with Crippen molar-refractivity contribution in [2.75, 3.05) is 13.1 Å². The molecule has 4 heteroatoms. The van der Waals surface area contributed by atoms with Crippen LogP contribution in [0.1, 0.15) is 44.2 Å². The third-order valence-electron chi connectivity index (χ3n) is 3.93. The topological polar surface area (TPSA) is 46.6 Å². The summed E-state index contributed by atoms with van der Waals surface area (Å²) in [6.07, 6.45) is 0.682. The van der Waals surface area contributed by atoms with E-state index in [1.54, 1.807) is 4.90 Å². The number of rotatable bonds is 3. The first kappa shape index (κ1) is 15.5. The summed E-state index contributed by atoms with van der Waals surface area (Å²) in [6.45, 7) is 8.86. The molecule has 114 valence electrons. The molecule has 1 fully saturated rings. The fraction of sp³-hybridized carbons (Fsp3) is 0.529. The van der Waals surface area contributed by atoms with Gasteiger partial charge in [-0.25, -0.2) is 0 Å². The molecule has 1 amide bonds. The van der Waals surface area contributed by atoms with Crippen molar-refractivity contribution in [3.63, 3.8) is 0 Å². The van der Waals surface area contributed by atoms with Crippen molar-refractivity contribution in [3.05, 3.63) is 29.3 Å². The summed E-state index contributed by atoms with van der Waals surface area (Å²) >= 11 is 0. The second-order valence-electron chi connectivity index (χ2n) is 6.11. The molecular formula is C17H23NO3. The molecular weight excluding hydrogens is 266 g/mol. The second kappa shape index (κ2) is 6.29. The van der Waals surface area contributed by atoms with E-state index >= 15 is 0 Å². The van der Waals surface area contributed by atoms with E-state index in [0.29, 0.717) is 31.2 Å². The first-order valence-corrected chi connectivity index (χ1v) is 7.45. The molecule has 0 bridgehead atoms. The number of amides is 1. The Morgan fingerprint density at radius 3 is 2.57 bits per heavy atom. The lowest BCUT2D eigenvalue weighted by Gasteiger charge is -2.14. The summed E-state index contributed by atoms with van der Waals surface area (Å²) in [5, 5.41) is 0.